The Morgan fingerprint density at radius 1 is 1.42 bits per heavy atom. The smallest absolute Gasteiger partial charge is 0.330 e. The lowest BCUT2D eigenvalue weighted by atomic mass is 10.2. The number of fused-ring (bicyclic) bond motifs is 1. The maximum Gasteiger partial charge on any atom is 0.330 e. The highest BCUT2D eigenvalue weighted by molar-refractivity contribution is 9.10. The molecule has 8 heteroatoms. The quantitative estimate of drug-likeness (QED) is 0.768. The molecule has 2 atom stereocenters. The maximum atomic E-state index is 12.3. The van der Waals surface area contributed by atoms with Crippen molar-refractivity contribution in [3.63, 3.8) is 0 Å². The number of thioether (sulfide) groups is 1. The summed E-state index contributed by atoms with van der Waals surface area (Å²) in [6, 6.07) is 6.49. The standard InChI is InChI=1S/C16H17BrN2O4S/c1-16-7-6-14(21)19(16)12(9-24-16)15(22)23-8-13(20)18-11-4-2-10(17)3-5-11/h2-5,12H,6-9H2,1H3,(H,18,20)/t12-,16+/m0/s1. The Kier molecular flexibility index (Phi) is 4.87. The number of benzene rings is 1. The van der Waals surface area contributed by atoms with Gasteiger partial charge >= 0.3 is 5.97 Å². The maximum absolute atomic E-state index is 12.3. The molecule has 0 unspecified atom stereocenters. The molecular weight excluding hydrogens is 396 g/mol. The van der Waals surface area contributed by atoms with Gasteiger partial charge in [-0.3, -0.25) is 9.59 Å². The second-order valence-corrected chi connectivity index (χ2v) is 8.35. The molecule has 0 spiro atoms. The number of esters is 1. The van der Waals surface area contributed by atoms with E-state index >= 15 is 0 Å². The molecule has 128 valence electrons. The lowest BCUT2D eigenvalue weighted by Crippen LogP contribution is -2.47. The zero-order valence-corrected chi connectivity index (χ0v) is 15.5. The average molecular weight is 413 g/mol. The lowest BCUT2D eigenvalue weighted by Gasteiger charge is -2.29. The van der Waals surface area contributed by atoms with Crippen molar-refractivity contribution < 1.29 is 19.1 Å². The van der Waals surface area contributed by atoms with Crippen molar-refractivity contribution in [2.24, 2.45) is 0 Å². The van der Waals surface area contributed by atoms with Crippen molar-refractivity contribution in [1.82, 2.24) is 4.90 Å². The molecule has 2 aliphatic heterocycles. The highest BCUT2D eigenvalue weighted by Crippen LogP contribution is 2.47. The zero-order valence-electron chi connectivity index (χ0n) is 13.1. The fraction of sp³-hybridized carbons (Fsp3) is 0.438. The van der Waals surface area contributed by atoms with E-state index in [0.717, 1.165) is 10.9 Å². The van der Waals surface area contributed by atoms with Gasteiger partial charge in [-0.1, -0.05) is 15.9 Å². The van der Waals surface area contributed by atoms with Gasteiger partial charge in [0.1, 0.15) is 6.04 Å². The van der Waals surface area contributed by atoms with Crippen LogP contribution < -0.4 is 5.32 Å². The molecule has 1 N–H and O–H groups in total. The van der Waals surface area contributed by atoms with E-state index in [9.17, 15) is 14.4 Å². The minimum Gasteiger partial charge on any atom is -0.454 e. The van der Waals surface area contributed by atoms with Crippen molar-refractivity contribution in [3.05, 3.63) is 28.7 Å². The second-order valence-electron chi connectivity index (χ2n) is 5.93. The SMILES string of the molecule is C[C@@]12CCC(=O)N1[C@H](C(=O)OCC(=O)Nc1ccc(Br)cc1)CS2. The molecule has 24 heavy (non-hydrogen) atoms. The van der Waals surface area contributed by atoms with Gasteiger partial charge in [0.05, 0.1) is 4.87 Å². The molecule has 0 aromatic heterocycles. The minimum absolute atomic E-state index is 0.0243. The first-order valence-corrected chi connectivity index (χ1v) is 9.35. The van der Waals surface area contributed by atoms with Crippen LogP contribution in [-0.4, -0.2) is 46.0 Å². The number of nitrogens with one attached hydrogen (secondary N) is 1. The summed E-state index contributed by atoms with van der Waals surface area (Å²) in [6.45, 7) is 1.60. The molecule has 3 rings (SSSR count). The van der Waals surface area contributed by atoms with Crippen LogP contribution in [0.3, 0.4) is 0 Å². The van der Waals surface area contributed by atoms with E-state index in [2.05, 4.69) is 21.2 Å². The van der Waals surface area contributed by atoms with Gasteiger partial charge in [-0.15, -0.1) is 11.8 Å². The Hall–Kier alpha value is -1.54. The van der Waals surface area contributed by atoms with Gasteiger partial charge in [-0.05, 0) is 37.6 Å². The van der Waals surface area contributed by atoms with E-state index in [1.807, 2.05) is 6.92 Å². The molecule has 2 amide bonds. The number of hydrogen-bond donors (Lipinski definition) is 1. The number of rotatable bonds is 4. The largest absolute Gasteiger partial charge is 0.454 e. The first kappa shape index (κ1) is 17.3. The first-order chi connectivity index (χ1) is 11.4. The summed E-state index contributed by atoms with van der Waals surface area (Å²) >= 11 is 4.91. The molecule has 2 aliphatic rings. The third-order valence-electron chi connectivity index (χ3n) is 4.19. The number of amides is 2. The molecule has 2 heterocycles. The molecule has 0 radical (unpaired) electrons. The molecule has 6 nitrogen and oxygen atoms in total. The number of anilines is 1. The van der Waals surface area contributed by atoms with Gasteiger partial charge in [-0.2, -0.15) is 0 Å². The van der Waals surface area contributed by atoms with Crippen LogP contribution in [0.5, 0.6) is 0 Å². The first-order valence-electron chi connectivity index (χ1n) is 7.57. The molecule has 2 fully saturated rings. The Morgan fingerprint density at radius 2 is 2.12 bits per heavy atom. The van der Waals surface area contributed by atoms with E-state index in [-0.39, 0.29) is 17.4 Å². The van der Waals surface area contributed by atoms with Crippen molar-refractivity contribution in [3.8, 4) is 0 Å². The summed E-state index contributed by atoms with van der Waals surface area (Å²) < 4.78 is 6.02. The van der Waals surface area contributed by atoms with Crippen LogP contribution in [0.4, 0.5) is 5.69 Å². The van der Waals surface area contributed by atoms with Crippen LogP contribution in [-0.2, 0) is 19.1 Å². The molecule has 0 saturated carbocycles. The fourth-order valence-electron chi connectivity index (χ4n) is 2.96. The molecule has 1 aromatic carbocycles. The zero-order chi connectivity index (χ0) is 17.3. The summed E-state index contributed by atoms with van der Waals surface area (Å²) in [7, 11) is 0. The predicted octanol–water partition coefficient (Wildman–Crippen LogP) is 2.38. The van der Waals surface area contributed by atoms with Gasteiger partial charge < -0.3 is 15.0 Å². The molecule has 2 saturated heterocycles. The Bertz CT molecular complexity index is 681. The van der Waals surface area contributed by atoms with Crippen LogP contribution in [0.15, 0.2) is 28.7 Å². The fourth-order valence-corrected chi connectivity index (χ4v) is 4.64. The van der Waals surface area contributed by atoms with Gasteiger partial charge in [0.2, 0.25) is 5.91 Å². The molecule has 1 aromatic rings. The normalized spacial score (nSPS) is 25.5. The van der Waals surface area contributed by atoms with E-state index in [1.54, 1.807) is 40.9 Å². The van der Waals surface area contributed by atoms with Gasteiger partial charge in [0, 0.05) is 22.3 Å². The Balaban J connectivity index is 1.53. The van der Waals surface area contributed by atoms with Crippen LogP contribution in [0.2, 0.25) is 0 Å². The predicted molar refractivity (Wildman–Crippen MR) is 94.5 cm³/mol. The second kappa shape index (κ2) is 6.76. The highest BCUT2D eigenvalue weighted by Gasteiger charge is 2.53. The molecule has 0 bridgehead atoms. The van der Waals surface area contributed by atoms with Crippen LogP contribution in [0.1, 0.15) is 19.8 Å². The van der Waals surface area contributed by atoms with E-state index in [4.69, 9.17) is 4.74 Å². The number of halogens is 1. The summed E-state index contributed by atoms with van der Waals surface area (Å²) in [4.78, 5) is 37.5. The van der Waals surface area contributed by atoms with Crippen molar-refractivity contribution in [2.45, 2.75) is 30.7 Å². The summed E-state index contributed by atoms with van der Waals surface area (Å²) in [5.74, 6) is -0.446. The number of nitrogens with zero attached hydrogens (tertiary/aromatic N) is 1. The summed E-state index contributed by atoms with van der Waals surface area (Å²) in [5.41, 5.74) is 0.623. The minimum atomic E-state index is -0.601. The van der Waals surface area contributed by atoms with Gasteiger partial charge in [0.15, 0.2) is 6.61 Å². The van der Waals surface area contributed by atoms with Gasteiger partial charge in [0.25, 0.3) is 5.91 Å². The number of ether oxygens (including phenoxy) is 1. The van der Waals surface area contributed by atoms with Crippen LogP contribution in [0, 0.1) is 0 Å². The van der Waals surface area contributed by atoms with E-state index in [0.29, 0.717) is 17.9 Å². The van der Waals surface area contributed by atoms with E-state index in [1.165, 1.54) is 0 Å². The molecular formula is C16H17BrN2O4S. The Labute approximate surface area is 152 Å². The van der Waals surface area contributed by atoms with Crippen molar-refractivity contribution >= 4 is 51.2 Å². The third-order valence-corrected chi connectivity index (χ3v) is 6.22. The third kappa shape index (κ3) is 3.44. The molecule has 0 aliphatic carbocycles. The number of hydrogen-bond acceptors (Lipinski definition) is 5. The van der Waals surface area contributed by atoms with E-state index < -0.39 is 17.9 Å². The topological polar surface area (TPSA) is 75.7 Å². The van der Waals surface area contributed by atoms with Crippen molar-refractivity contribution in [2.75, 3.05) is 17.7 Å². The summed E-state index contributed by atoms with van der Waals surface area (Å²) in [5, 5.41) is 2.65. The van der Waals surface area contributed by atoms with Crippen LogP contribution >= 0.6 is 27.7 Å². The van der Waals surface area contributed by atoms with Gasteiger partial charge in [-0.25, -0.2) is 4.79 Å². The highest BCUT2D eigenvalue weighted by atomic mass is 79.9. The van der Waals surface area contributed by atoms with Crippen molar-refractivity contribution in [1.29, 1.82) is 0 Å². The monoisotopic (exact) mass is 412 g/mol. The average Bonchev–Trinajstić information content (AvgIpc) is 3.04. The Morgan fingerprint density at radius 3 is 2.83 bits per heavy atom. The van der Waals surface area contributed by atoms with Crippen LogP contribution in [0.25, 0.3) is 0 Å². The lowest BCUT2D eigenvalue weighted by molar-refractivity contribution is -0.155. The summed E-state index contributed by atoms with van der Waals surface area (Å²) in [6.07, 6.45) is 1.20. The number of carbonyl (C=O) groups excluding carboxylic acids is 3. The number of carbonyl (C=O) groups is 3.